The van der Waals surface area contributed by atoms with E-state index in [9.17, 15) is 4.79 Å². The zero-order valence-electron chi connectivity index (χ0n) is 14.0. The SMILES string of the molecule is Cc1cccc(NC2CCN(Cc3cccc(C(=O)O)c3)CC2)c1. The number of aromatic carboxylic acids is 1. The third-order valence-corrected chi connectivity index (χ3v) is 4.56. The van der Waals surface area contributed by atoms with E-state index in [-0.39, 0.29) is 0 Å². The van der Waals surface area contributed by atoms with Crippen LogP contribution in [0.15, 0.2) is 48.5 Å². The molecule has 0 spiro atoms. The van der Waals surface area contributed by atoms with E-state index in [1.807, 2.05) is 12.1 Å². The highest BCUT2D eigenvalue weighted by Crippen LogP contribution is 2.19. The van der Waals surface area contributed by atoms with Crippen LogP contribution in [0, 0.1) is 6.92 Å². The number of rotatable bonds is 5. The summed E-state index contributed by atoms with van der Waals surface area (Å²) in [6.45, 7) is 4.98. The number of piperidine rings is 1. The highest BCUT2D eigenvalue weighted by atomic mass is 16.4. The minimum absolute atomic E-state index is 0.364. The number of nitrogens with one attached hydrogen (secondary N) is 1. The fourth-order valence-corrected chi connectivity index (χ4v) is 3.27. The number of hydrogen-bond donors (Lipinski definition) is 2. The predicted molar refractivity (Wildman–Crippen MR) is 96.5 cm³/mol. The number of carbonyl (C=O) groups is 1. The summed E-state index contributed by atoms with van der Waals surface area (Å²) in [7, 11) is 0. The van der Waals surface area contributed by atoms with Gasteiger partial charge in [-0.1, -0.05) is 24.3 Å². The Morgan fingerprint density at radius 2 is 1.92 bits per heavy atom. The average Bonchev–Trinajstić information content (AvgIpc) is 2.57. The van der Waals surface area contributed by atoms with Crippen molar-refractivity contribution in [2.24, 2.45) is 0 Å². The lowest BCUT2D eigenvalue weighted by Gasteiger charge is -2.33. The molecule has 2 aromatic carbocycles. The third kappa shape index (κ3) is 4.36. The molecule has 4 nitrogen and oxygen atoms in total. The van der Waals surface area contributed by atoms with Crippen LogP contribution in [0.2, 0.25) is 0 Å². The number of carboxylic acids is 1. The van der Waals surface area contributed by atoms with Gasteiger partial charge in [-0.2, -0.15) is 0 Å². The van der Waals surface area contributed by atoms with Gasteiger partial charge in [0.25, 0.3) is 0 Å². The lowest BCUT2D eigenvalue weighted by atomic mass is 10.0. The molecule has 24 heavy (non-hydrogen) atoms. The van der Waals surface area contributed by atoms with Crippen molar-refractivity contribution in [3.8, 4) is 0 Å². The molecular weight excluding hydrogens is 300 g/mol. The maximum absolute atomic E-state index is 11.1. The first-order valence-electron chi connectivity index (χ1n) is 8.48. The Labute approximate surface area is 143 Å². The Morgan fingerprint density at radius 1 is 1.17 bits per heavy atom. The predicted octanol–water partition coefficient (Wildman–Crippen LogP) is 3.77. The van der Waals surface area contributed by atoms with E-state index in [0.717, 1.165) is 38.0 Å². The first kappa shape index (κ1) is 16.5. The van der Waals surface area contributed by atoms with Crippen molar-refractivity contribution in [2.75, 3.05) is 18.4 Å². The Morgan fingerprint density at radius 3 is 2.62 bits per heavy atom. The molecule has 0 bridgehead atoms. The molecule has 0 aliphatic carbocycles. The highest BCUT2D eigenvalue weighted by molar-refractivity contribution is 5.87. The fraction of sp³-hybridized carbons (Fsp3) is 0.350. The number of likely N-dealkylation sites (tertiary alicyclic amines) is 1. The van der Waals surface area contributed by atoms with Crippen LogP contribution in [0.3, 0.4) is 0 Å². The van der Waals surface area contributed by atoms with Gasteiger partial charge >= 0.3 is 5.97 Å². The van der Waals surface area contributed by atoms with Crippen LogP contribution < -0.4 is 5.32 Å². The second kappa shape index (κ2) is 7.49. The first-order chi connectivity index (χ1) is 11.6. The van der Waals surface area contributed by atoms with Gasteiger partial charge in [-0.05, 0) is 55.2 Å². The number of carboxylic acid groups (broad SMARTS) is 1. The summed E-state index contributed by atoms with van der Waals surface area (Å²) in [6, 6.07) is 16.3. The van der Waals surface area contributed by atoms with Crippen LogP contribution >= 0.6 is 0 Å². The van der Waals surface area contributed by atoms with Crippen molar-refractivity contribution in [3.05, 3.63) is 65.2 Å². The van der Waals surface area contributed by atoms with Gasteiger partial charge in [-0.25, -0.2) is 4.79 Å². The van der Waals surface area contributed by atoms with E-state index in [2.05, 4.69) is 41.4 Å². The molecule has 0 atom stereocenters. The summed E-state index contributed by atoms with van der Waals surface area (Å²) < 4.78 is 0. The average molecular weight is 324 g/mol. The molecule has 0 aromatic heterocycles. The second-order valence-electron chi connectivity index (χ2n) is 6.57. The first-order valence-corrected chi connectivity index (χ1v) is 8.48. The summed E-state index contributed by atoms with van der Waals surface area (Å²) in [5, 5.41) is 12.7. The van der Waals surface area contributed by atoms with E-state index in [1.165, 1.54) is 11.3 Å². The highest BCUT2D eigenvalue weighted by Gasteiger charge is 2.19. The molecular formula is C20H24N2O2. The molecule has 0 saturated carbocycles. The Balaban J connectivity index is 1.52. The van der Waals surface area contributed by atoms with Gasteiger partial charge in [0, 0.05) is 31.4 Å². The van der Waals surface area contributed by atoms with Crippen molar-refractivity contribution in [1.82, 2.24) is 4.90 Å². The van der Waals surface area contributed by atoms with Gasteiger partial charge in [0.2, 0.25) is 0 Å². The molecule has 1 saturated heterocycles. The van der Waals surface area contributed by atoms with Crippen LogP contribution in [0.4, 0.5) is 5.69 Å². The van der Waals surface area contributed by atoms with Gasteiger partial charge < -0.3 is 10.4 Å². The summed E-state index contributed by atoms with van der Waals surface area (Å²) in [4.78, 5) is 13.5. The van der Waals surface area contributed by atoms with Crippen LogP contribution in [0.1, 0.15) is 34.3 Å². The van der Waals surface area contributed by atoms with E-state index in [4.69, 9.17) is 5.11 Å². The zero-order chi connectivity index (χ0) is 16.9. The molecule has 0 unspecified atom stereocenters. The smallest absolute Gasteiger partial charge is 0.335 e. The van der Waals surface area contributed by atoms with Crippen LogP contribution in [-0.4, -0.2) is 35.1 Å². The summed E-state index contributed by atoms with van der Waals surface area (Å²) in [5.74, 6) is -0.863. The van der Waals surface area contributed by atoms with Gasteiger partial charge in [0.1, 0.15) is 0 Å². The summed E-state index contributed by atoms with van der Waals surface area (Å²) in [5.41, 5.74) is 3.90. The Hall–Kier alpha value is -2.33. The van der Waals surface area contributed by atoms with Crippen molar-refractivity contribution in [1.29, 1.82) is 0 Å². The third-order valence-electron chi connectivity index (χ3n) is 4.56. The van der Waals surface area contributed by atoms with Gasteiger partial charge in [0.15, 0.2) is 0 Å². The van der Waals surface area contributed by atoms with E-state index in [0.29, 0.717) is 11.6 Å². The Kier molecular flexibility index (Phi) is 5.16. The topological polar surface area (TPSA) is 52.6 Å². The molecule has 1 aliphatic heterocycles. The second-order valence-corrected chi connectivity index (χ2v) is 6.57. The van der Waals surface area contributed by atoms with Gasteiger partial charge in [-0.3, -0.25) is 4.90 Å². The van der Waals surface area contributed by atoms with Gasteiger partial charge in [-0.15, -0.1) is 0 Å². The van der Waals surface area contributed by atoms with E-state index >= 15 is 0 Å². The van der Waals surface area contributed by atoms with E-state index < -0.39 is 5.97 Å². The molecule has 0 amide bonds. The molecule has 2 aromatic rings. The molecule has 1 heterocycles. The van der Waals surface area contributed by atoms with Crippen molar-refractivity contribution in [2.45, 2.75) is 32.4 Å². The number of aryl methyl sites for hydroxylation is 1. The molecule has 1 fully saturated rings. The summed E-state index contributed by atoms with van der Waals surface area (Å²) >= 11 is 0. The standard InChI is InChI=1S/C20H24N2O2/c1-15-4-2-7-19(12-15)21-18-8-10-22(11-9-18)14-16-5-3-6-17(13-16)20(23)24/h2-7,12-13,18,21H,8-11,14H2,1H3,(H,23,24). The van der Waals surface area contributed by atoms with Crippen molar-refractivity contribution >= 4 is 11.7 Å². The quantitative estimate of drug-likeness (QED) is 0.879. The Bertz CT molecular complexity index is 706. The van der Waals surface area contributed by atoms with E-state index in [1.54, 1.807) is 12.1 Å². The number of nitrogens with zero attached hydrogens (tertiary/aromatic N) is 1. The minimum Gasteiger partial charge on any atom is -0.478 e. The molecule has 0 radical (unpaired) electrons. The maximum Gasteiger partial charge on any atom is 0.335 e. The fourth-order valence-electron chi connectivity index (χ4n) is 3.27. The van der Waals surface area contributed by atoms with Crippen LogP contribution in [0.25, 0.3) is 0 Å². The monoisotopic (exact) mass is 324 g/mol. The van der Waals surface area contributed by atoms with Crippen molar-refractivity contribution < 1.29 is 9.90 Å². The van der Waals surface area contributed by atoms with Crippen LogP contribution in [-0.2, 0) is 6.54 Å². The maximum atomic E-state index is 11.1. The lowest BCUT2D eigenvalue weighted by Crippen LogP contribution is -2.38. The molecule has 126 valence electrons. The van der Waals surface area contributed by atoms with Gasteiger partial charge in [0.05, 0.1) is 5.56 Å². The molecule has 2 N–H and O–H groups in total. The van der Waals surface area contributed by atoms with Crippen LogP contribution in [0.5, 0.6) is 0 Å². The number of hydrogen-bond acceptors (Lipinski definition) is 3. The minimum atomic E-state index is -0.863. The molecule has 1 aliphatic rings. The van der Waals surface area contributed by atoms with Crippen molar-refractivity contribution in [3.63, 3.8) is 0 Å². The number of anilines is 1. The normalized spacial score (nSPS) is 16.0. The zero-order valence-corrected chi connectivity index (χ0v) is 14.0. The lowest BCUT2D eigenvalue weighted by molar-refractivity contribution is 0.0696. The molecule has 4 heteroatoms. The molecule has 3 rings (SSSR count). The summed E-state index contributed by atoms with van der Waals surface area (Å²) in [6.07, 6.45) is 2.21. The largest absolute Gasteiger partial charge is 0.478 e. The number of benzene rings is 2.